The molecule has 1 aromatic carbocycles. The Morgan fingerprint density at radius 2 is 2.04 bits per heavy atom. The van der Waals surface area contributed by atoms with Crippen LogP contribution in [0.5, 0.6) is 5.75 Å². The lowest BCUT2D eigenvalue weighted by Gasteiger charge is -2.27. The minimum absolute atomic E-state index is 0. The minimum Gasteiger partial charge on any atom is -0.495 e. The summed E-state index contributed by atoms with van der Waals surface area (Å²) < 4.78 is 38.2. The van der Waals surface area contributed by atoms with Gasteiger partial charge in [-0.05, 0) is 31.0 Å². The van der Waals surface area contributed by atoms with Crippen LogP contribution in [-0.2, 0) is 19.6 Å². The Morgan fingerprint density at radius 3 is 2.67 bits per heavy atom. The van der Waals surface area contributed by atoms with E-state index in [1.165, 1.54) is 17.5 Å². The molecule has 2 heterocycles. The predicted octanol–water partition coefficient (Wildman–Crippen LogP) is 1.22. The molecule has 1 aromatic rings. The molecule has 27 heavy (non-hydrogen) atoms. The van der Waals surface area contributed by atoms with Crippen LogP contribution in [0, 0.1) is 0 Å². The van der Waals surface area contributed by atoms with Gasteiger partial charge in [0.15, 0.2) is 0 Å². The highest BCUT2D eigenvalue weighted by molar-refractivity contribution is 7.89. The first kappa shape index (κ1) is 21.9. The van der Waals surface area contributed by atoms with E-state index in [9.17, 15) is 13.2 Å². The van der Waals surface area contributed by atoms with Gasteiger partial charge in [0.25, 0.3) is 5.91 Å². The van der Waals surface area contributed by atoms with Crippen molar-refractivity contribution in [1.29, 1.82) is 0 Å². The van der Waals surface area contributed by atoms with Crippen molar-refractivity contribution < 1.29 is 22.7 Å². The molecule has 2 fully saturated rings. The number of rotatable bonds is 5. The number of nitrogens with one attached hydrogen (secondary N) is 2. The number of carbonyl (C=O) groups excluding carboxylic acids is 1. The predicted molar refractivity (Wildman–Crippen MR) is 104 cm³/mol. The van der Waals surface area contributed by atoms with Crippen LogP contribution in [0.15, 0.2) is 23.1 Å². The maximum atomic E-state index is 13.0. The molecule has 152 valence electrons. The fraction of sp³-hybridized carbons (Fsp3) is 0.588. The number of ether oxygens (including phenoxy) is 2. The van der Waals surface area contributed by atoms with Crippen LogP contribution in [0.4, 0.5) is 5.69 Å². The maximum Gasteiger partial charge on any atom is 0.254 e. The number of piperidine rings is 1. The van der Waals surface area contributed by atoms with E-state index in [2.05, 4.69) is 10.6 Å². The topological polar surface area (TPSA) is 97.0 Å². The summed E-state index contributed by atoms with van der Waals surface area (Å²) in [5.41, 5.74) is 0.403. The Kier molecular flexibility index (Phi) is 7.87. The number of hydrogen-bond donors (Lipinski definition) is 2. The first-order chi connectivity index (χ1) is 12.5. The van der Waals surface area contributed by atoms with Gasteiger partial charge in [-0.15, -0.1) is 12.4 Å². The number of morpholine rings is 1. The highest BCUT2D eigenvalue weighted by atomic mass is 35.5. The number of amides is 1. The standard InChI is InChI=1S/C17H25N3O5S.ClH/c1-24-14-6-5-13(19-17(21)15-12-18-7-10-25-15)11-16(14)26(22,23)20-8-3-2-4-9-20;/h5-6,11,15,18H,2-4,7-10,12H2,1H3,(H,19,21);1H. The van der Waals surface area contributed by atoms with E-state index in [0.717, 1.165) is 19.3 Å². The molecule has 1 atom stereocenters. The summed E-state index contributed by atoms with van der Waals surface area (Å²) in [4.78, 5) is 12.4. The van der Waals surface area contributed by atoms with Crippen molar-refractivity contribution in [2.45, 2.75) is 30.3 Å². The second-order valence-corrected chi connectivity index (χ2v) is 8.29. The summed E-state index contributed by atoms with van der Waals surface area (Å²) >= 11 is 0. The number of halogens is 1. The Hall–Kier alpha value is -1.39. The van der Waals surface area contributed by atoms with Crippen molar-refractivity contribution in [3.8, 4) is 5.75 Å². The van der Waals surface area contributed by atoms with Gasteiger partial charge in [0.2, 0.25) is 10.0 Å². The molecule has 0 radical (unpaired) electrons. The van der Waals surface area contributed by atoms with Crippen LogP contribution >= 0.6 is 12.4 Å². The quantitative estimate of drug-likeness (QED) is 0.744. The van der Waals surface area contributed by atoms with E-state index in [4.69, 9.17) is 9.47 Å². The summed E-state index contributed by atoms with van der Waals surface area (Å²) in [5.74, 6) is -0.0344. The smallest absolute Gasteiger partial charge is 0.254 e. The zero-order valence-electron chi connectivity index (χ0n) is 15.3. The molecule has 3 rings (SSSR count). The molecule has 2 saturated heterocycles. The number of carbonyl (C=O) groups is 1. The molecule has 2 aliphatic rings. The van der Waals surface area contributed by atoms with Crippen molar-refractivity contribution in [3.05, 3.63) is 18.2 Å². The lowest BCUT2D eigenvalue weighted by molar-refractivity contribution is -0.128. The number of benzene rings is 1. The summed E-state index contributed by atoms with van der Waals surface area (Å²) in [6, 6.07) is 4.64. The molecule has 2 aliphatic heterocycles. The van der Waals surface area contributed by atoms with Crippen molar-refractivity contribution in [2.24, 2.45) is 0 Å². The fourth-order valence-corrected chi connectivity index (χ4v) is 4.86. The summed E-state index contributed by atoms with van der Waals surface area (Å²) in [6.07, 6.45) is 2.15. The molecule has 8 nitrogen and oxygen atoms in total. The van der Waals surface area contributed by atoms with Crippen LogP contribution < -0.4 is 15.4 Å². The molecule has 2 N–H and O–H groups in total. The van der Waals surface area contributed by atoms with Crippen molar-refractivity contribution in [1.82, 2.24) is 9.62 Å². The maximum absolute atomic E-state index is 13.0. The van der Waals surface area contributed by atoms with Gasteiger partial charge in [0, 0.05) is 31.9 Å². The van der Waals surface area contributed by atoms with Crippen molar-refractivity contribution >= 4 is 34.0 Å². The van der Waals surface area contributed by atoms with E-state index in [0.29, 0.717) is 38.5 Å². The minimum atomic E-state index is -3.67. The fourth-order valence-electron chi connectivity index (χ4n) is 3.16. The van der Waals surface area contributed by atoms with Gasteiger partial charge in [-0.2, -0.15) is 4.31 Å². The molecule has 0 spiro atoms. The summed E-state index contributed by atoms with van der Waals surface area (Å²) in [6.45, 7) is 2.62. The number of methoxy groups -OCH3 is 1. The van der Waals surface area contributed by atoms with Crippen molar-refractivity contribution in [3.63, 3.8) is 0 Å². The molecule has 0 saturated carbocycles. The van der Waals surface area contributed by atoms with Crippen LogP contribution in [0.1, 0.15) is 19.3 Å². The van der Waals surface area contributed by atoms with Crippen LogP contribution in [0.25, 0.3) is 0 Å². The third kappa shape index (κ3) is 5.11. The van der Waals surface area contributed by atoms with E-state index >= 15 is 0 Å². The highest BCUT2D eigenvalue weighted by Crippen LogP contribution is 2.31. The van der Waals surface area contributed by atoms with Crippen LogP contribution in [-0.4, -0.2) is 64.6 Å². The first-order valence-electron chi connectivity index (χ1n) is 8.84. The third-order valence-corrected chi connectivity index (χ3v) is 6.50. The average molecular weight is 420 g/mol. The molecule has 0 aromatic heterocycles. The summed E-state index contributed by atoms with van der Waals surface area (Å²) in [5, 5.41) is 5.83. The molecule has 0 bridgehead atoms. The van der Waals surface area contributed by atoms with Gasteiger partial charge in [-0.25, -0.2) is 8.42 Å². The Bertz CT molecular complexity index is 747. The number of anilines is 1. The van der Waals surface area contributed by atoms with Gasteiger partial charge >= 0.3 is 0 Å². The second-order valence-electron chi connectivity index (χ2n) is 6.38. The number of nitrogens with zero attached hydrogens (tertiary/aromatic N) is 1. The lowest BCUT2D eigenvalue weighted by Crippen LogP contribution is -2.45. The zero-order chi connectivity index (χ0) is 18.6. The van der Waals surface area contributed by atoms with E-state index in [1.54, 1.807) is 12.1 Å². The van der Waals surface area contributed by atoms with Crippen LogP contribution in [0.3, 0.4) is 0 Å². The highest BCUT2D eigenvalue weighted by Gasteiger charge is 2.30. The Morgan fingerprint density at radius 1 is 1.30 bits per heavy atom. The Balaban J connectivity index is 0.00000261. The number of hydrogen-bond acceptors (Lipinski definition) is 6. The monoisotopic (exact) mass is 419 g/mol. The molecule has 10 heteroatoms. The normalized spacial score (nSPS) is 21.1. The molecule has 1 unspecified atom stereocenters. The molecular weight excluding hydrogens is 394 g/mol. The van der Waals surface area contributed by atoms with Gasteiger partial charge in [0.1, 0.15) is 16.7 Å². The van der Waals surface area contributed by atoms with Gasteiger partial charge in [0.05, 0.1) is 13.7 Å². The van der Waals surface area contributed by atoms with Gasteiger partial charge < -0.3 is 20.1 Å². The lowest BCUT2D eigenvalue weighted by atomic mass is 10.2. The SMILES string of the molecule is COc1ccc(NC(=O)C2CNCCO2)cc1S(=O)(=O)N1CCCCC1.Cl. The van der Waals surface area contributed by atoms with E-state index in [-0.39, 0.29) is 29.0 Å². The largest absolute Gasteiger partial charge is 0.495 e. The average Bonchev–Trinajstić information content (AvgIpc) is 2.69. The molecule has 1 amide bonds. The van der Waals surface area contributed by atoms with Gasteiger partial charge in [-0.3, -0.25) is 4.79 Å². The molecule has 0 aliphatic carbocycles. The zero-order valence-corrected chi connectivity index (χ0v) is 16.9. The van der Waals surface area contributed by atoms with E-state index < -0.39 is 16.1 Å². The van der Waals surface area contributed by atoms with Gasteiger partial charge in [-0.1, -0.05) is 6.42 Å². The molecular formula is C17H26ClN3O5S. The second kappa shape index (κ2) is 9.70. The van der Waals surface area contributed by atoms with Crippen molar-refractivity contribution in [2.75, 3.05) is 45.2 Å². The third-order valence-electron chi connectivity index (χ3n) is 4.58. The van der Waals surface area contributed by atoms with Crippen LogP contribution in [0.2, 0.25) is 0 Å². The number of sulfonamides is 1. The summed E-state index contributed by atoms with van der Waals surface area (Å²) in [7, 11) is -2.24. The Labute approximate surface area is 166 Å². The first-order valence-corrected chi connectivity index (χ1v) is 10.3. The van der Waals surface area contributed by atoms with E-state index in [1.807, 2.05) is 0 Å².